The van der Waals surface area contributed by atoms with Gasteiger partial charge in [-0.05, 0) is 49.9 Å². The van der Waals surface area contributed by atoms with Gasteiger partial charge < -0.3 is 18.9 Å². The molecule has 1 aliphatic carbocycles. The fourth-order valence-corrected chi connectivity index (χ4v) is 4.06. The van der Waals surface area contributed by atoms with Crippen LogP contribution in [0.4, 0.5) is 0 Å². The van der Waals surface area contributed by atoms with Gasteiger partial charge in [0.15, 0.2) is 17.2 Å². The lowest BCUT2D eigenvalue weighted by Crippen LogP contribution is -2.12. The summed E-state index contributed by atoms with van der Waals surface area (Å²) in [5, 5.41) is 1.81. The Balaban J connectivity index is 1.60. The van der Waals surface area contributed by atoms with Crippen LogP contribution in [-0.4, -0.2) is 30.3 Å². The van der Waals surface area contributed by atoms with Crippen LogP contribution in [0.1, 0.15) is 25.7 Å². The zero-order valence-corrected chi connectivity index (χ0v) is 17.6. The molecule has 0 bridgehead atoms. The van der Waals surface area contributed by atoms with E-state index in [9.17, 15) is 0 Å². The molecule has 4 aromatic rings. The second-order valence-corrected chi connectivity index (χ2v) is 7.64. The van der Waals surface area contributed by atoms with E-state index in [4.69, 9.17) is 23.9 Å². The third-order valence-corrected chi connectivity index (χ3v) is 5.66. The maximum Gasteiger partial charge on any atom is 0.258 e. The van der Waals surface area contributed by atoms with Gasteiger partial charge in [0.05, 0.1) is 25.3 Å². The van der Waals surface area contributed by atoms with Crippen molar-refractivity contribution in [2.75, 3.05) is 14.2 Å². The van der Waals surface area contributed by atoms with Gasteiger partial charge in [0.25, 0.3) is 5.88 Å². The Kier molecular flexibility index (Phi) is 5.20. The van der Waals surface area contributed by atoms with Gasteiger partial charge in [0.1, 0.15) is 11.9 Å². The summed E-state index contributed by atoms with van der Waals surface area (Å²) < 4.78 is 23.6. The molecule has 0 N–H and O–H groups in total. The van der Waals surface area contributed by atoms with Crippen LogP contribution in [0.15, 0.2) is 54.7 Å². The highest BCUT2D eigenvalue weighted by Gasteiger charge is 2.21. The molecule has 0 radical (unpaired) electrons. The maximum atomic E-state index is 6.39. The molecule has 6 nitrogen and oxygen atoms in total. The molecule has 6 heteroatoms. The van der Waals surface area contributed by atoms with E-state index in [1.807, 2.05) is 48.5 Å². The van der Waals surface area contributed by atoms with Crippen LogP contribution < -0.4 is 18.9 Å². The molecule has 1 saturated carbocycles. The third-order valence-electron chi connectivity index (χ3n) is 5.66. The van der Waals surface area contributed by atoms with Gasteiger partial charge in [-0.15, -0.1) is 0 Å². The van der Waals surface area contributed by atoms with Gasteiger partial charge in [0, 0.05) is 23.0 Å². The van der Waals surface area contributed by atoms with Crippen molar-refractivity contribution in [3.8, 4) is 28.9 Å². The first-order valence-corrected chi connectivity index (χ1v) is 10.5. The minimum absolute atomic E-state index is 0.176. The van der Waals surface area contributed by atoms with Gasteiger partial charge in [-0.3, -0.25) is 4.98 Å². The van der Waals surface area contributed by atoms with E-state index in [2.05, 4.69) is 4.98 Å². The lowest BCUT2D eigenvalue weighted by atomic mass is 10.1. The number of para-hydroxylation sites is 1. The van der Waals surface area contributed by atoms with Crippen molar-refractivity contribution in [2.45, 2.75) is 31.8 Å². The van der Waals surface area contributed by atoms with E-state index in [0.29, 0.717) is 28.9 Å². The Labute approximate surface area is 180 Å². The molecule has 2 aromatic carbocycles. The minimum Gasteiger partial charge on any atom is -0.493 e. The molecular formula is C25H24N2O4. The molecular weight excluding hydrogens is 392 g/mol. The first-order chi connectivity index (χ1) is 15.2. The number of pyridine rings is 2. The van der Waals surface area contributed by atoms with Gasteiger partial charge in [-0.25, -0.2) is 4.98 Å². The molecule has 0 atom stereocenters. The topological polar surface area (TPSA) is 62.7 Å². The van der Waals surface area contributed by atoms with Crippen LogP contribution in [0.2, 0.25) is 0 Å². The molecule has 1 aliphatic rings. The molecule has 1 fully saturated rings. The number of hydrogen-bond acceptors (Lipinski definition) is 6. The fraction of sp³-hybridized carbons (Fsp3) is 0.280. The van der Waals surface area contributed by atoms with E-state index in [0.717, 1.165) is 34.6 Å². The van der Waals surface area contributed by atoms with Crippen molar-refractivity contribution in [3.63, 3.8) is 0 Å². The molecule has 2 heterocycles. The first-order valence-electron chi connectivity index (χ1n) is 10.5. The lowest BCUT2D eigenvalue weighted by molar-refractivity contribution is 0.195. The zero-order valence-electron chi connectivity index (χ0n) is 17.6. The summed E-state index contributed by atoms with van der Waals surface area (Å²) in [5.74, 6) is 3.01. The number of fused-ring (bicyclic) bond motifs is 2. The van der Waals surface area contributed by atoms with Crippen molar-refractivity contribution in [1.82, 2.24) is 9.97 Å². The summed E-state index contributed by atoms with van der Waals surface area (Å²) in [6.45, 7) is 0. The van der Waals surface area contributed by atoms with E-state index in [1.165, 1.54) is 12.8 Å². The van der Waals surface area contributed by atoms with Crippen molar-refractivity contribution in [3.05, 3.63) is 54.7 Å². The molecule has 0 aliphatic heterocycles. The number of methoxy groups -OCH3 is 2. The SMILES string of the molecule is COc1cc2nccc(Oc3cc4ccccc4nc3OC3CCCC3)c2cc1OC. The van der Waals surface area contributed by atoms with Crippen molar-refractivity contribution < 1.29 is 18.9 Å². The Morgan fingerprint density at radius 1 is 0.806 bits per heavy atom. The smallest absolute Gasteiger partial charge is 0.258 e. The Bertz CT molecular complexity index is 1240. The summed E-state index contributed by atoms with van der Waals surface area (Å²) in [7, 11) is 3.22. The monoisotopic (exact) mass is 416 g/mol. The lowest BCUT2D eigenvalue weighted by Gasteiger charge is -2.17. The quantitative estimate of drug-likeness (QED) is 0.389. The highest BCUT2D eigenvalue weighted by atomic mass is 16.5. The predicted octanol–water partition coefficient (Wildman–Crippen LogP) is 5.91. The van der Waals surface area contributed by atoms with Crippen LogP contribution in [-0.2, 0) is 0 Å². The molecule has 158 valence electrons. The van der Waals surface area contributed by atoms with E-state index >= 15 is 0 Å². The average molecular weight is 416 g/mol. The summed E-state index contributed by atoms with van der Waals surface area (Å²) in [6.07, 6.45) is 6.35. The highest BCUT2D eigenvalue weighted by Crippen LogP contribution is 2.40. The standard InChI is InChI=1S/C25H24N2O4/c1-28-22-14-18-20(15-23(22)29-2)26-12-11-21(18)31-24-13-16-7-3-6-10-19(16)27-25(24)30-17-8-4-5-9-17/h3,6-7,10-15,17H,4-5,8-9H2,1-2H3. The average Bonchev–Trinajstić information content (AvgIpc) is 3.32. The number of nitrogens with zero attached hydrogens (tertiary/aromatic N) is 2. The molecule has 31 heavy (non-hydrogen) atoms. The molecule has 0 saturated heterocycles. The molecule has 2 aromatic heterocycles. The van der Waals surface area contributed by atoms with Gasteiger partial charge in [-0.2, -0.15) is 0 Å². The number of aromatic nitrogens is 2. The van der Waals surface area contributed by atoms with Gasteiger partial charge in [-0.1, -0.05) is 18.2 Å². The van der Waals surface area contributed by atoms with Crippen molar-refractivity contribution in [2.24, 2.45) is 0 Å². The van der Waals surface area contributed by atoms with E-state index in [1.54, 1.807) is 20.4 Å². The van der Waals surface area contributed by atoms with Crippen LogP contribution in [0.25, 0.3) is 21.8 Å². The Morgan fingerprint density at radius 3 is 2.39 bits per heavy atom. The second kappa shape index (κ2) is 8.30. The van der Waals surface area contributed by atoms with Crippen molar-refractivity contribution in [1.29, 1.82) is 0 Å². The fourth-order valence-electron chi connectivity index (χ4n) is 4.06. The molecule has 0 unspecified atom stereocenters. The minimum atomic E-state index is 0.176. The first kappa shape index (κ1) is 19.4. The Hall–Kier alpha value is -3.54. The summed E-state index contributed by atoms with van der Waals surface area (Å²) in [5.41, 5.74) is 1.64. The second-order valence-electron chi connectivity index (χ2n) is 7.64. The van der Waals surface area contributed by atoms with E-state index < -0.39 is 0 Å². The summed E-state index contributed by atoms with van der Waals surface area (Å²) >= 11 is 0. The predicted molar refractivity (Wildman–Crippen MR) is 120 cm³/mol. The number of ether oxygens (including phenoxy) is 4. The number of benzene rings is 2. The maximum absolute atomic E-state index is 6.39. The molecule has 0 amide bonds. The summed E-state index contributed by atoms with van der Waals surface area (Å²) in [4.78, 5) is 9.23. The highest BCUT2D eigenvalue weighted by molar-refractivity contribution is 5.89. The number of rotatable bonds is 6. The molecule has 0 spiro atoms. The third kappa shape index (κ3) is 3.81. The van der Waals surface area contributed by atoms with Gasteiger partial charge >= 0.3 is 0 Å². The van der Waals surface area contributed by atoms with Crippen LogP contribution >= 0.6 is 0 Å². The van der Waals surface area contributed by atoms with E-state index in [-0.39, 0.29) is 6.10 Å². The Morgan fingerprint density at radius 2 is 1.58 bits per heavy atom. The molecule has 5 rings (SSSR count). The van der Waals surface area contributed by atoms with Gasteiger partial charge in [0.2, 0.25) is 0 Å². The van der Waals surface area contributed by atoms with Crippen LogP contribution in [0, 0.1) is 0 Å². The van der Waals surface area contributed by atoms with Crippen LogP contribution in [0.5, 0.6) is 28.9 Å². The van der Waals surface area contributed by atoms with Crippen LogP contribution in [0.3, 0.4) is 0 Å². The number of hydrogen-bond donors (Lipinski definition) is 0. The summed E-state index contributed by atoms with van der Waals surface area (Å²) in [6, 6.07) is 15.5. The largest absolute Gasteiger partial charge is 0.493 e. The zero-order chi connectivity index (χ0) is 21.2. The van der Waals surface area contributed by atoms with Crippen molar-refractivity contribution >= 4 is 21.8 Å². The normalized spacial score (nSPS) is 14.1.